The van der Waals surface area contributed by atoms with Crippen molar-refractivity contribution in [3.05, 3.63) is 0 Å². The molecule has 0 aliphatic rings. The summed E-state index contributed by atoms with van der Waals surface area (Å²) in [5.41, 5.74) is 0. The van der Waals surface area contributed by atoms with E-state index in [9.17, 15) is 0 Å². The van der Waals surface area contributed by atoms with Crippen LogP contribution in [0.25, 0.3) is 0 Å². The Morgan fingerprint density at radius 3 is 2.17 bits per heavy atom. The molecule has 0 aliphatic carbocycles. The van der Waals surface area contributed by atoms with Gasteiger partial charge in [0.25, 0.3) is 0 Å². The van der Waals surface area contributed by atoms with Gasteiger partial charge >= 0.3 is 0 Å². The quantitative estimate of drug-likeness (QED) is 0.350. The van der Waals surface area contributed by atoms with Crippen LogP contribution in [-0.4, -0.2) is 35.4 Å². The zero-order chi connectivity index (χ0) is 9.45. The van der Waals surface area contributed by atoms with Crippen LogP contribution in [0.1, 0.15) is 0 Å². The van der Waals surface area contributed by atoms with Gasteiger partial charge in [-0.1, -0.05) is 19.6 Å². The predicted molar refractivity (Wildman–Crippen MR) is 51.9 cm³/mol. The van der Waals surface area contributed by atoms with Crippen LogP contribution in [0.15, 0.2) is 0 Å². The number of hydrogen-bond acceptors (Lipinski definition) is 3. The maximum atomic E-state index is 5.24. The van der Waals surface area contributed by atoms with E-state index in [1.165, 1.54) is 6.04 Å². The van der Waals surface area contributed by atoms with Crippen molar-refractivity contribution in [2.45, 2.75) is 25.7 Å². The normalized spacial score (nSPS) is 12.0. The molecular formula is C8H20O3Si. The van der Waals surface area contributed by atoms with Gasteiger partial charge in [0, 0.05) is 21.8 Å². The standard InChI is InChI=1S/C8H20O3Si/c1-9-7-11-8-10-5-6-12(2,3)4/h5-8H2,1-4H3. The first kappa shape index (κ1) is 12.1. The highest BCUT2D eigenvalue weighted by Crippen LogP contribution is 2.07. The van der Waals surface area contributed by atoms with Crippen LogP contribution in [0.2, 0.25) is 25.7 Å². The molecule has 0 atom stereocenters. The zero-order valence-electron chi connectivity index (χ0n) is 8.55. The first-order valence-corrected chi connectivity index (χ1v) is 7.91. The molecule has 0 aromatic heterocycles. The molecule has 0 heterocycles. The van der Waals surface area contributed by atoms with Crippen LogP contribution in [-0.2, 0) is 14.2 Å². The van der Waals surface area contributed by atoms with Gasteiger partial charge in [-0.2, -0.15) is 0 Å². The molecule has 3 nitrogen and oxygen atoms in total. The van der Waals surface area contributed by atoms with Gasteiger partial charge in [0.05, 0.1) is 0 Å². The number of ether oxygens (including phenoxy) is 3. The Balaban J connectivity index is 3.01. The van der Waals surface area contributed by atoms with E-state index in [0.717, 1.165) is 6.61 Å². The fourth-order valence-electron chi connectivity index (χ4n) is 0.614. The first-order chi connectivity index (χ1) is 5.56. The summed E-state index contributed by atoms with van der Waals surface area (Å²) in [6.45, 7) is 8.44. The molecule has 4 heteroatoms. The van der Waals surface area contributed by atoms with Gasteiger partial charge in [0.2, 0.25) is 0 Å². The molecule has 0 rings (SSSR count). The van der Waals surface area contributed by atoms with E-state index in [0.29, 0.717) is 13.6 Å². The summed E-state index contributed by atoms with van der Waals surface area (Å²) in [5.74, 6) is 0. The smallest absolute Gasteiger partial charge is 0.149 e. The van der Waals surface area contributed by atoms with Crippen molar-refractivity contribution in [1.82, 2.24) is 0 Å². The highest BCUT2D eigenvalue weighted by atomic mass is 28.3. The van der Waals surface area contributed by atoms with Crippen molar-refractivity contribution < 1.29 is 14.2 Å². The van der Waals surface area contributed by atoms with Crippen molar-refractivity contribution in [3.8, 4) is 0 Å². The summed E-state index contributed by atoms with van der Waals surface area (Å²) >= 11 is 0. The molecule has 0 spiro atoms. The lowest BCUT2D eigenvalue weighted by Crippen LogP contribution is -2.22. The Labute approximate surface area is 76.0 Å². The van der Waals surface area contributed by atoms with E-state index in [1.54, 1.807) is 7.11 Å². The monoisotopic (exact) mass is 192 g/mol. The lowest BCUT2D eigenvalue weighted by molar-refractivity contribution is -0.117. The Morgan fingerprint density at radius 1 is 1.00 bits per heavy atom. The zero-order valence-corrected chi connectivity index (χ0v) is 9.55. The largest absolute Gasteiger partial charge is 0.359 e. The molecule has 74 valence electrons. The minimum atomic E-state index is -0.938. The van der Waals surface area contributed by atoms with Gasteiger partial charge in [-0.25, -0.2) is 0 Å². The molecule has 0 bridgehead atoms. The summed E-state index contributed by atoms with van der Waals surface area (Å²) in [4.78, 5) is 0. The Morgan fingerprint density at radius 2 is 1.67 bits per heavy atom. The molecule has 0 saturated heterocycles. The topological polar surface area (TPSA) is 27.7 Å². The van der Waals surface area contributed by atoms with Gasteiger partial charge in [-0.15, -0.1) is 0 Å². The van der Waals surface area contributed by atoms with Crippen LogP contribution in [0, 0.1) is 0 Å². The van der Waals surface area contributed by atoms with Crippen molar-refractivity contribution in [2.24, 2.45) is 0 Å². The van der Waals surface area contributed by atoms with Gasteiger partial charge < -0.3 is 14.2 Å². The summed E-state index contributed by atoms with van der Waals surface area (Å²) < 4.78 is 14.9. The molecule has 12 heavy (non-hydrogen) atoms. The van der Waals surface area contributed by atoms with E-state index in [2.05, 4.69) is 19.6 Å². The fraction of sp³-hybridized carbons (Fsp3) is 1.00. The first-order valence-electron chi connectivity index (χ1n) is 4.21. The number of rotatable bonds is 7. The second-order valence-corrected chi connectivity index (χ2v) is 9.57. The van der Waals surface area contributed by atoms with Crippen molar-refractivity contribution >= 4 is 8.07 Å². The van der Waals surface area contributed by atoms with E-state index in [1.807, 2.05) is 0 Å². The Kier molecular flexibility index (Phi) is 6.65. The third kappa shape index (κ3) is 10.1. The molecule has 0 amide bonds. The highest BCUT2D eigenvalue weighted by Gasteiger charge is 2.11. The molecule has 0 aromatic carbocycles. The molecule has 0 aliphatic heterocycles. The maximum absolute atomic E-state index is 5.24. The molecule has 0 N–H and O–H groups in total. The van der Waals surface area contributed by atoms with E-state index < -0.39 is 8.07 Å². The van der Waals surface area contributed by atoms with Crippen molar-refractivity contribution in [1.29, 1.82) is 0 Å². The summed E-state index contributed by atoms with van der Waals surface area (Å²) in [5, 5.41) is 0. The third-order valence-corrected chi connectivity index (χ3v) is 3.07. The Hall–Kier alpha value is 0.0969. The van der Waals surface area contributed by atoms with E-state index in [-0.39, 0.29) is 0 Å². The minimum absolute atomic E-state index is 0.312. The number of methoxy groups -OCH3 is 1. The molecule has 0 fully saturated rings. The average molecular weight is 192 g/mol. The average Bonchev–Trinajstić information content (AvgIpc) is 1.94. The maximum Gasteiger partial charge on any atom is 0.149 e. The highest BCUT2D eigenvalue weighted by molar-refractivity contribution is 6.76. The summed E-state index contributed by atoms with van der Waals surface area (Å²) in [6.07, 6.45) is 0. The molecule has 0 saturated carbocycles. The van der Waals surface area contributed by atoms with Crippen LogP contribution in [0.4, 0.5) is 0 Å². The van der Waals surface area contributed by atoms with Gasteiger partial charge in [0.15, 0.2) is 0 Å². The van der Waals surface area contributed by atoms with Gasteiger partial charge in [0.1, 0.15) is 13.6 Å². The minimum Gasteiger partial charge on any atom is -0.359 e. The lowest BCUT2D eigenvalue weighted by atomic mass is 10.9. The van der Waals surface area contributed by atoms with Gasteiger partial charge in [-0.3, -0.25) is 0 Å². The predicted octanol–water partition coefficient (Wildman–Crippen LogP) is 1.92. The molecule has 0 aromatic rings. The van der Waals surface area contributed by atoms with Crippen LogP contribution < -0.4 is 0 Å². The fourth-order valence-corrected chi connectivity index (χ4v) is 1.37. The van der Waals surface area contributed by atoms with Crippen molar-refractivity contribution in [3.63, 3.8) is 0 Å². The van der Waals surface area contributed by atoms with E-state index >= 15 is 0 Å². The second kappa shape index (κ2) is 6.60. The Bertz CT molecular complexity index is 101. The van der Waals surface area contributed by atoms with Crippen LogP contribution in [0.3, 0.4) is 0 Å². The summed E-state index contributed by atoms with van der Waals surface area (Å²) in [7, 11) is 0.662. The number of hydrogen-bond donors (Lipinski definition) is 0. The van der Waals surface area contributed by atoms with Crippen molar-refractivity contribution in [2.75, 3.05) is 27.3 Å². The molecule has 0 radical (unpaired) electrons. The van der Waals surface area contributed by atoms with Crippen LogP contribution >= 0.6 is 0 Å². The lowest BCUT2D eigenvalue weighted by Gasteiger charge is -2.15. The summed E-state index contributed by atoms with van der Waals surface area (Å²) in [6, 6.07) is 1.18. The third-order valence-electron chi connectivity index (χ3n) is 1.36. The van der Waals surface area contributed by atoms with E-state index in [4.69, 9.17) is 14.2 Å². The van der Waals surface area contributed by atoms with Gasteiger partial charge in [-0.05, 0) is 6.04 Å². The molecule has 0 unspecified atom stereocenters. The second-order valence-electron chi connectivity index (χ2n) is 3.95. The molecular weight excluding hydrogens is 172 g/mol. The SMILES string of the molecule is COCOCOCC[Si](C)(C)C. The van der Waals surface area contributed by atoms with Crippen LogP contribution in [0.5, 0.6) is 0 Å².